The number of amides is 2. The van der Waals surface area contributed by atoms with Crippen molar-refractivity contribution < 1.29 is 19.1 Å². The second-order valence-electron chi connectivity index (χ2n) is 12.5. The van der Waals surface area contributed by atoms with E-state index in [4.69, 9.17) is 26.1 Å². The second-order valence-corrected chi connectivity index (χ2v) is 12.9. The molecule has 4 aromatic rings. The van der Waals surface area contributed by atoms with Crippen LogP contribution in [0.15, 0.2) is 24.3 Å². The van der Waals surface area contributed by atoms with Gasteiger partial charge in [0.2, 0.25) is 11.8 Å². The highest BCUT2D eigenvalue weighted by Crippen LogP contribution is 2.27. The van der Waals surface area contributed by atoms with Gasteiger partial charge >= 0.3 is 0 Å². The minimum atomic E-state index is -0.218. The van der Waals surface area contributed by atoms with Gasteiger partial charge in [-0.05, 0) is 72.1 Å². The van der Waals surface area contributed by atoms with Crippen LogP contribution in [-0.2, 0) is 19.1 Å². The number of aromatic nitrogens is 8. The summed E-state index contributed by atoms with van der Waals surface area (Å²) in [6.07, 6.45) is 4.74. The van der Waals surface area contributed by atoms with Gasteiger partial charge in [0.25, 0.3) is 11.9 Å². The zero-order valence-corrected chi connectivity index (χ0v) is 31.4. The summed E-state index contributed by atoms with van der Waals surface area (Å²) in [6, 6.07) is 8.08. The Labute approximate surface area is 303 Å². The Bertz CT molecular complexity index is 1770. The Morgan fingerprint density at radius 3 is 1.86 bits per heavy atom. The fourth-order valence-electron chi connectivity index (χ4n) is 5.92. The molecular formula is C34H49ClN12O4. The fourth-order valence-corrected chi connectivity index (χ4v) is 6.10. The topological polar surface area (TPSA) is 179 Å². The van der Waals surface area contributed by atoms with Crippen LogP contribution >= 0.6 is 11.6 Å². The van der Waals surface area contributed by atoms with Gasteiger partial charge in [-0.1, -0.05) is 11.6 Å². The molecule has 2 atom stereocenters. The molecule has 0 saturated carbocycles. The summed E-state index contributed by atoms with van der Waals surface area (Å²) in [5.41, 5.74) is 3.59. The average Bonchev–Trinajstić information content (AvgIpc) is 3.86. The molecule has 4 aromatic heterocycles. The standard InChI is InChI=1S/C17H24N6O2.C11H12ClN5O.C6H13NO/c1-11-8-12(2)23(21-11)17-19-15(18-13(3)24)9-16(20-17)22-7-5-6-14(22)10-25-4;1-6-4-7(2)17(16-6)11-14-9(12)5-10(15-11)13-8(3)18;1-8-5-6-3-2-4-7-6/h8-9,14H,5-7,10H2,1-4H3,(H,18,19,20,24);4-5H,1-3H3,(H,13,14,15,18);6-7H,2-5H2,1H3/t14-;;6-/m1.1/s1. The number of hydrogen-bond acceptors (Lipinski definition) is 12. The number of methoxy groups -OCH3 is 2. The smallest absolute Gasteiger partial charge is 0.254 e. The molecule has 6 rings (SSSR count). The maximum atomic E-state index is 11.5. The van der Waals surface area contributed by atoms with Crippen molar-refractivity contribution in [1.29, 1.82) is 0 Å². The highest BCUT2D eigenvalue weighted by atomic mass is 35.5. The molecule has 0 bridgehead atoms. The van der Waals surface area contributed by atoms with Crippen molar-refractivity contribution in [3.05, 3.63) is 52.2 Å². The number of ether oxygens (including phenoxy) is 2. The van der Waals surface area contributed by atoms with Crippen molar-refractivity contribution in [3.63, 3.8) is 0 Å². The van der Waals surface area contributed by atoms with E-state index in [0.29, 0.717) is 36.2 Å². The highest BCUT2D eigenvalue weighted by molar-refractivity contribution is 6.29. The quantitative estimate of drug-likeness (QED) is 0.211. The van der Waals surface area contributed by atoms with Gasteiger partial charge < -0.3 is 30.3 Å². The van der Waals surface area contributed by atoms with Crippen molar-refractivity contribution in [2.45, 2.75) is 79.3 Å². The molecule has 0 aliphatic carbocycles. The van der Waals surface area contributed by atoms with Gasteiger partial charge in [-0.3, -0.25) is 9.59 Å². The van der Waals surface area contributed by atoms with Crippen molar-refractivity contribution in [1.82, 2.24) is 44.8 Å². The molecule has 2 aliphatic heterocycles. The van der Waals surface area contributed by atoms with Crippen LogP contribution in [0.25, 0.3) is 11.9 Å². The largest absolute Gasteiger partial charge is 0.383 e. The molecule has 276 valence electrons. The predicted molar refractivity (Wildman–Crippen MR) is 196 cm³/mol. The summed E-state index contributed by atoms with van der Waals surface area (Å²) >= 11 is 5.90. The van der Waals surface area contributed by atoms with Crippen LogP contribution in [0.2, 0.25) is 5.15 Å². The van der Waals surface area contributed by atoms with E-state index in [2.05, 4.69) is 46.0 Å². The Morgan fingerprint density at radius 2 is 1.37 bits per heavy atom. The third kappa shape index (κ3) is 11.5. The number of nitrogens with one attached hydrogen (secondary N) is 3. The monoisotopic (exact) mass is 724 g/mol. The van der Waals surface area contributed by atoms with Gasteiger partial charge in [-0.2, -0.15) is 30.1 Å². The van der Waals surface area contributed by atoms with Crippen LogP contribution in [0.4, 0.5) is 17.5 Å². The first-order valence-corrected chi connectivity index (χ1v) is 17.3. The Kier molecular flexibility index (Phi) is 14.4. The molecule has 0 unspecified atom stereocenters. The first kappa shape index (κ1) is 39.3. The normalized spacial score (nSPS) is 16.6. The molecule has 51 heavy (non-hydrogen) atoms. The third-order valence-corrected chi connectivity index (χ3v) is 8.14. The number of anilines is 3. The number of carbonyl (C=O) groups excluding carboxylic acids is 2. The lowest BCUT2D eigenvalue weighted by molar-refractivity contribution is -0.115. The number of nitrogens with zero attached hydrogens (tertiary/aromatic N) is 9. The molecule has 2 fully saturated rings. The lowest BCUT2D eigenvalue weighted by Crippen LogP contribution is -2.34. The molecule has 6 heterocycles. The third-order valence-electron chi connectivity index (χ3n) is 7.95. The molecular weight excluding hydrogens is 676 g/mol. The molecule has 16 nitrogen and oxygen atoms in total. The minimum Gasteiger partial charge on any atom is -0.383 e. The first-order chi connectivity index (χ1) is 24.4. The van der Waals surface area contributed by atoms with E-state index in [1.54, 1.807) is 23.6 Å². The van der Waals surface area contributed by atoms with Crippen LogP contribution in [0.5, 0.6) is 0 Å². The molecule has 3 N–H and O–H groups in total. The highest BCUT2D eigenvalue weighted by Gasteiger charge is 2.27. The van der Waals surface area contributed by atoms with E-state index in [9.17, 15) is 9.59 Å². The number of carbonyl (C=O) groups is 2. The van der Waals surface area contributed by atoms with Crippen molar-refractivity contribution in [3.8, 4) is 11.9 Å². The van der Waals surface area contributed by atoms with Gasteiger partial charge in [-0.15, -0.1) is 0 Å². The molecule has 0 aromatic carbocycles. The Morgan fingerprint density at radius 1 is 0.804 bits per heavy atom. The van der Waals surface area contributed by atoms with Crippen LogP contribution in [0.3, 0.4) is 0 Å². The lowest BCUT2D eigenvalue weighted by atomic mass is 10.2. The summed E-state index contributed by atoms with van der Waals surface area (Å²) in [6.45, 7) is 14.1. The zero-order valence-electron chi connectivity index (χ0n) is 30.7. The average molecular weight is 725 g/mol. The van der Waals surface area contributed by atoms with Crippen molar-refractivity contribution in [2.24, 2.45) is 0 Å². The Balaban J connectivity index is 0.000000194. The van der Waals surface area contributed by atoms with Crippen LogP contribution in [-0.4, -0.2) is 104 Å². The molecule has 0 spiro atoms. The molecule has 2 amide bonds. The number of aryl methyl sites for hydroxylation is 4. The van der Waals surface area contributed by atoms with Crippen LogP contribution in [0, 0.1) is 27.7 Å². The number of rotatable bonds is 9. The number of halogens is 1. The SMILES string of the molecule is CC(=O)Nc1cc(Cl)nc(-n2nc(C)cc2C)n1.COC[C@H]1CCCN1.COC[C@H]1CCCN1c1cc(NC(C)=O)nc(-n2nc(C)cc2C)n1. The maximum absolute atomic E-state index is 11.5. The van der Waals surface area contributed by atoms with Crippen LogP contribution < -0.4 is 20.9 Å². The molecule has 2 aliphatic rings. The summed E-state index contributed by atoms with van der Waals surface area (Å²) < 4.78 is 13.6. The number of hydrogen-bond donors (Lipinski definition) is 3. The van der Waals surface area contributed by atoms with Gasteiger partial charge in [0.1, 0.15) is 22.6 Å². The fraction of sp³-hybridized carbons (Fsp3) is 0.529. The Hall–Kier alpha value is -4.51. The first-order valence-electron chi connectivity index (χ1n) is 16.9. The predicted octanol–water partition coefficient (Wildman–Crippen LogP) is 4.13. The summed E-state index contributed by atoms with van der Waals surface area (Å²) in [5, 5.41) is 17.6. The summed E-state index contributed by atoms with van der Waals surface area (Å²) in [5.74, 6) is 2.00. The summed E-state index contributed by atoms with van der Waals surface area (Å²) in [4.78, 5) is 42.2. The maximum Gasteiger partial charge on any atom is 0.254 e. The molecule has 2 saturated heterocycles. The van der Waals surface area contributed by atoms with Gasteiger partial charge in [0.15, 0.2) is 0 Å². The van der Waals surface area contributed by atoms with E-state index < -0.39 is 0 Å². The molecule has 17 heteroatoms. The van der Waals surface area contributed by atoms with E-state index in [1.807, 2.05) is 45.9 Å². The van der Waals surface area contributed by atoms with Gasteiger partial charge in [-0.25, -0.2) is 9.36 Å². The van der Waals surface area contributed by atoms with E-state index >= 15 is 0 Å². The molecule has 0 radical (unpaired) electrons. The lowest BCUT2D eigenvalue weighted by Gasteiger charge is -2.25. The van der Waals surface area contributed by atoms with E-state index in [-0.39, 0.29) is 23.0 Å². The van der Waals surface area contributed by atoms with Gasteiger partial charge in [0.05, 0.1) is 30.6 Å². The minimum absolute atomic E-state index is 0.168. The van der Waals surface area contributed by atoms with Gasteiger partial charge in [0, 0.05) is 64.2 Å². The zero-order chi connectivity index (χ0) is 37.1. The van der Waals surface area contributed by atoms with Crippen molar-refractivity contribution in [2.75, 3.05) is 56.1 Å². The second kappa shape index (κ2) is 18.6. The van der Waals surface area contributed by atoms with E-state index in [0.717, 1.165) is 54.6 Å². The van der Waals surface area contributed by atoms with Crippen LogP contribution in [0.1, 0.15) is 62.3 Å². The van der Waals surface area contributed by atoms with Crippen molar-refractivity contribution >= 4 is 40.9 Å². The van der Waals surface area contributed by atoms with E-state index in [1.165, 1.54) is 39.3 Å². The summed E-state index contributed by atoms with van der Waals surface area (Å²) in [7, 11) is 3.46.